The fraction of sp³-hybridized carbons (Fsp3) is 0.636. The zero-order valence-corrected chi connectivity index (χ0v) is 9.64. The van der Waals surface area contributed by atoms with E-state index in [2.05, 4.69) is 31.4 Å². The van der Waals surface area contributed by atoms with E-state index in [9.17, 15) is 0 Å². The third-order valence-electron chi connectivity index (χ3n) is 2.62. The first-order chi connectivity index (χ1) is 6.74. The van der Waals surface area contributed by atoms with Gasteiger partial charge in [-0.3, -0.25) is 0 Å². The fourth-order valence-corrected chi connectivity index (χ4v) is 2.97. The molecule has 1 saturated heterocycles. The lowest BCUT2D eigenvalue weighted by Gasteiger charge is -2.32. The van der Waals surface area contributed by atoms with E-state index in [1.54, 1.807) is 4.90 Å². The average Bonchev–Trinajstić information content (AvgIpc) is 2.54. The number of ether oxygens (including phenoxy) is 1. The second-order valence-electron chi connectivity index (χ2n) is 4.17. The predicted molar refractivity (Wildman–Crippen MR) is 58.7 cm³/mol. The minimum absolute atomic E-state index is 0.411. The van der Waals surface area contributed by atoms with Crippen LogP contribution in [0.5, 0.6) is 0 Å². The first-order valence-electron chi connectivity index (χ1n) is 5.25. The maximum absolute atomic E-state index is 5.72. The molecule has 2 heterocycles. The SMILES string of the molecule is C[C@@H]1C[NH+](Cc2cccs2)C[C@H](C)O1. The Morgan fingerprint density at radius 3 is 2.71 bits per heavy atom. The Bertz CT molecular complexity index is 263. The average molecular weight is 212 g/mol. The first kappa shape index (κ1) is 10.1. The van der Waals surface area contributed by atoms with Crippen LogP contribution in [0.4, 0.5) is 0 Å². The third kappa shape index (κ3) is 2.56. The summed E-state index contributed by atoms with van der Waals surface area (Å²) in [7, 11) is 0. The summed E-state index contributed by atoms with van der Waals surface area (Å²) in [6.07, 6.45) is 0.822. The molecule has 2 nitrogen and oxygen atoms in total. The Kier molecular flexibility index (Phi) is 3.21. The van der Waals surface area contributed by atoms with Gasteiger partial charge in [-0.1, -0.05) is 6.07 Å². The van der Waals surface area contributed by atoms with Gasteiger partial charge in [-0.25, -0.2) is 0 Å². The number of quaternary nitrogens is 1. The maximum atomic E-state index is 5.72. The Morgan fingerprint density at radius 1 is 1.43 bits per heavy atom. The van der Waals surface area contributed by atoms with E-state index in [4.69, 9.17) is 4.74 Å². The normalized spacial score (nSPS) is 33.1. The second-order valence-corrected chi connectivity index (χ2v) is 5.20. The van der Waals surface area contributed by atoms with Crippen molar-refractivity contribution in [1.29, 1.82) is 0 Å². The molecule has 14 heavy (non-hydrogen) atoms. The van der Waals surface area contributed by atoms with Gasteiger partial charge in [0.15, 0.2) is 0 Å². The minimum Gasteiger partial charge on any atom is -0.364 e. The number of thiophene rings is 1. The molecule has 1 aromatic heterocycles. The molecule has 3 heteroatoms. The fourth-order valence-electron chi connectivity index (χ4n) is 2.19. The number of nitrogens with one attached hydrogen (secondary N) is 1. The molecule has 0 amide bonds. The highest BCUT2D eigenvalue weighted by molar-refractivity contribution is 7.09. The van der Waals surface area contributed by atoms with Crippen LogP contribution >= 0.6 is 11.3 Å². The molecular weight excluding hydrogens is 194 g/mol. The van der Waals surface area contributed by atoms with Crippen molar-refractivity contribution in [2.75, 3.05) is 13.1 Å². The molecule has 1 aliphatic rings. The monoisotopic (exact) mass is 212 g/mol. The highest BCUT2D eigenvalue weighted by Crippen LogP contribution is 2.07. The molecule has 0 saturated carbocycles. The van der Waals surface area contributed by atoms with E-state index in [-0.39, 0.29) is 0 Å². The van der Waals surface area contributed by atoms with Crippen molar-refractivity contribution in [1.82, 2.24) is 0 Å². The van der Waals surface area contributed by atoms with Crippen LogP contribution in [0.15, 0.2) is 17.5 Å². The van der Waals surface area contributed by atoms with E-state index >= 15 is 0 Å². The molecule has 2 rings (SSSR count). The summed E-state index contributed by atoms with van der Waals surface area (Å²) in [5.74, 6) is 0. The van der Waals surface area contributed by atoms with Crippen molar-refractivity contribution < 1.29 is 9.64 Å². The Balaban J connectivity index is 1.91. The summed E-state index contributed by atoms with van der Waals surface area (Å²) in [4.78, 5) is 3.14. The lowest BCUT2D eigenvalue weighted by atomic mass is 10.2. The summed E-state index contributed by atoms with van der Waals surface area (Å²) in [5.41, 5.74) is 0. The molecule has 1 fully saturated rings. The number of hydrogen-bond donors (Lipinski definition) is 1. The molecule has 0 aromatic carbocycles. The largest absolute Gasteiger partial charge is 0.364 e. The molecule has 78 valence electrons. The van der Waals surface area contributed by atoms with Crippen molar-refractivity contribution in [3.63, 3.8) is 0 Å². The Hall–Kier alpha value is -0.380. The highest BCUT2D eigenvalue weighted by Gasteiger charge is 2.25. The van der Waals surface area contributed by atoms with Gasteiger partial charge in [0, 0.05) is 0 Å². The number of hydrogen-bond acceptors (Lipinski definition) is 2. The lowest BCUT2D eigenvalue weighted by molar-refractivity contribution is -0.928. The summed E-state index contributed by atoms with van der Waals surface area (Å²) in [6, 6.07) is 4.36. The summed E-state index contributed by atoms with van der Waals surface area (Å²) >= 11 is 1.86. The molecule has 0 radical (unpaired) electrons. The smallest absolute Gasteiger partial charge is 0.112 e. The lowest BCUT2D eigenvalue weighted by Crippen LogP contribution is -3.14. The highest BCUT2D eigenvalue weighted by atomic mass is 32.1. The molecule has 3 atom stereocenters. The van der Waals surface area contributed by atoms with Gasteiger partial charge >= 0.3 is 0 Å². The van der Waals surface area contributed by atoms with Crippen LogP contribution in [0.2, 0.25) is 0 Å². The van der Waals surface area contributed by atoms with E-state index in [1.165, 1.54) is 4.88 Å². The molecule has 0 bridgehead atoms. The van der Waals surface area contributed by atoms with Crippen LogP contribution in [0, 0.1) is 0 Å². The predicted octanol–water partition coefficient (Wildman–Crippen LogP) is 0.940. The van der Waals surface area contributed by atoms with Gasteiger partial charge in [0.05, 0.1) is 4.88 Å². The van der Waals surface area contributed by atoms with Gasteiger partial charge in [0.2, 0.25) is 0 Å². The third-order valence-corrected chi connectivity index (χ3v) is 3.50. The summed E-state index contributed by atoms with van der Waals surface area (Å²) in [6.45, 7) is 7.79. The van der Waals surface area contributed by atoms with Gasteiger partial charge in [-0.15, -0.1) is 11.3 Å². The van der Waals surface area contributed by atoms with Gasteiger partial charge in [-0.05, 0) is 25.3 Å². The molecule has 1 aliphatic heterocycles. The number of morpholine rings is 1. The zero-order valence-electron chi connectivity index (χ0n) is 8.82. The zero-order chi connectivity index (χ0) is 9.97. The Labute approximate surface area is 89.5 Å². The van der Waals surface area contributed by atoms with E-state index in [0.29, 0.717) is 12.2 Å². The van der Waals surface area contributed by atoms with Crippen LogP contribution in [0.1, 0.15) is 18.7 Å². The first-order valence-corrected chi connectivity index (χ1v) is 6.13. The van der Waals surface area contributed by atoms with Crippen LogP contribution in [0.25, 0.3) is 0 Å². The van der Waals surface area contributed by atoms with Crippen LogP contribution in [-0.4, -0.2) is 25.3 Å². The standard InChI is InChI=1S/C11H17NOS/c1-9-6-12(7-10(2)13-9)8-11-4-3-5-14-11/h3-5,9-10H,6-8H2,1-2H3/p+1/t9-,10+. The summed E-state index contributed by atoms with van der Waals surface area (Å²) in [5, 5.41) is 2.15. The number of rotatable bonds is 2. The van der Waals surface area contributed by atoms with E-state index in [0.717, 1.165) is 19.6 Å². The maximum Gasteiger partial charge on any atom is 0.112 e. The van der Waals surface area contributed by atoms with Crippen molar-refractivity contribution in [2.45, 2.75) is 32.6 Å². The van der Waals surface area contributed by atoms with Crippen molar-refractivity contribution in [2.24, 2.45) is 0 Å². The Morgan fingerprint density at radius 2 is 2.14 bits per heavy atom. The van der Waals surface area contributed by atoms with Crippen molar-refractivity contribution in [3.8, 4) is 0 Å². The summed E-state index contributed by atoms with van der Waals surface area (Å²) < 4.78 is 5.72. The molecule has 0 aliphatic carbocycles. The molecule has 1 aromatic rings. The van der Waals surface area contributed by atoms with Crippen LogP contribution in [0.3, 0.4) is 0 Å². The molecule has 1 unspecified atom stereocenters. The van der Waals surface area contributed by atoms with Gasteiger partial charge in [0.25, 0.3) is 0 Å². The van der Waals surface area contributed by atoms with Gasteiger partial charge < -0.3 is 9.64 Å². The molecule has 0 spiro atoms. The minimum atomic E-state index is 0.411. The quantitative estimate of drug-likeness (QED) is 0.770. The topological polar surface area (TPSA) is 13.7 Å². The van der Waals surface area contributed by atoms with Crippen LogP contribution < -0.4 is 4.90 Å². The second kappa shape index (κ2) is 4.43. The van der Waals surface area contributed by atoms with Crippen molar-refractivity contribution >= 4 is 11.3 Å². The van der Waals surface area contributed by atoms with E-state index < -0.39 is 0 Å². The van der Waals surface area contributed by atoms with E-state index in [1.807, 2.05) is 11.3 Å². The van der Waals surface area contributed by atoms with Crippen molar-refractivity contribution in [3.05, 3.63) is 22.4 Å². The van der Waals surface area contributed by atoms with Gasteiger partial charge in [0.1, 0.15) is 31.8 Å². The molecular formula is C11H18NOS+. The molecule has 1 N–H and O–H groups in total. The van der Waals surface area contributed by atoms with Gasteiger partial charge in [-0.2, -0.15) is 0 Å². The van der Waals surface area contributed by atoms with Crippen LogP contribution in [-0.2, 0) is 11.3 Å².